The summed E-state index contributed by atoms with van der Waals surface area (Å²) in [4.78, 5) is 15.6. The van der Waals surface area contributed by atoms with Crippen LogP contribution in [0.3, 0.4) is 0 Å². The molecule has 0 bridgehead atoms. The number of hydrogen-bond donors (Lipinski definition) is 1. The summed E-state index contributed by atoms with van der Waals surface area (Å²) in [7, 11) is 0. The number of aromatic nitrogens is 1. The predicted molar refractivity (Wildman–Crippen MR) is 138 cm³/mol. The van der Waals surface area contributed by atoms with Crippen molar-refractivity contribution in [2.75, 3.05) is 5.32 Å². The average molecular weight is 464 g/mol. The summed E-state index contributed by atoms with van der Waals surface area (Å²) in [6, 6.07) is 16.5. The maximum atomic E-state index is 13.6. The van der Waals surface area contributed by atoms with Crippen LogP contribution in [0.2, 0.25) is 5.02 Å². The first-order valence-corrected chi connectivity index (χ1v) is 12.3. The fourth-order valence-electron chi connectivity index (χ4n) is 4.99. The van der Waals surface area contributed by atoms with E-state index in [1.807, 2.05) is 36.4 Å². The van der Waals surface area contributed by atoms with Crippen molar-refractivity contribution in [3.63, 3.8) is 0 Å². The molecule has 1 N–H and O–H groups in total. The molecular formula is C28H34ClN3O. The van der Waals surface area contributed by atoms with Crippen LogP contribution in [0.5, 0.6) is 0 Å². The number of nitrogens with zero attached hydrogens (tertiary/aromatic N) is 2. The number of aryl methyl sites for hydroxylation is 2. The second-order valence-electron chi connectivity index (χ2n) is 9.31. The van der Waals surface area contributed by atoms with Gasteiger partial charge in [-0.3, -0.25) is 0 Å². The number of amides is 2. The molecule has 1 aliphatic rings. The Morgan fingerprint density at radius 2 is 1.73 bits per heavy atom. The molecule has 0 aliphatic heterocycles. The standard InChI is InChI=1S/C28H34ClN3O/c1-19-9-8-12-27(21(19)3)30-28(33)31(25-10-6-5-7-11-25)18-23-17-20(2)32(22(23)4)26-15-13-24(29)14-16-26/h8-9,12-17,25H,5-7,10-11,18H2,1-4H3,(H,30,33). The summed E-state index contributed by atoms with van der Waals surface area (Å²) in [5.41, 5.74) is 7.79. The number of halogens is 1. The van der Waals surface area contributed by atoms with Gasteiger partial charge in [0.1, 0.15) is 0 Å². The molecule has 2 amide bonds. The molecule has 1 heterocycles. The molecule has 1 aromatic heterocycles. The van der Waals surface area contributed by atoms with Crippen LogP contribution in [-0.4, -0.2) is 21.5 Å². The second kappa shape index (κ2) is 10.0. The SMILES string of the molecule is Cc1cccc(NC(=O)N(Cc2cc(C)n(-c3ccc(Cl)cc3)c2C)C2CCCCC2)c1C. The lowest BCUT2D eigenvalue weighted by Gasteiger charge is -2.34. The third-order valence-corrected chi connectivity index (χ3v) is 7.34. The second-order valence-corrected chi connectivity index (χ2v) is 9.74. The lowest BCUT2D eigenvalue weighted by molar-refractivity contribution is 0.162. The van der Waals surface area contributed by atoms with Crippen molar-refractivity contribution < 1.29 is 4.79 Å². The molecule has 33 heavy (non-hydrogen) atoms. The van der Waals surface area contributed by atoms with Gasteiger partial charge >= 0.3 is 6.03 Å². The van der Waals surface area contributed by atoms with E-state index in [2.05, 4.69) is 54.6 Å². The number of nitrogens with one attached hydrogen (secondary N) is 1. The quantitative estimate of drug-likeness (QED) is 0.413. The minimum atomic E-state index is -0.00750. The van der Waals surface area contributed by atoms with E-state index in [0.717, 1.165) is 46.2 Å². The smallest absolute Gasteiger partial charge is 0.318 e. The van der Waals surface area contributed by atoms with E-state index in [1.165, 1.54) is 30.4 Å². The molecule has 4 nitrogen and oxygen atoms in total. The van der Waals surface area contributed by atoms with Crippen molar-refractivity contribution in [1.29, 1.82) is 0 Å². The van der Waals surface area contributed by atoms with E-state index in [-0.39, 0.29) is 12.1 Å². The first-order valence-electron chi connectivity index (χ1n) is 11.9. The summed E-state index contributed by atoms with van der Waals surface area (Å²) in [6.45, 7) is 9.00. The minimum Gasteiger partial charge on any atom is -0.318 e. The lowest BCUT2D eigenvalue weighted by atomic mass is 9.94. The van der Waals surface area contributed by atoms with Crippen LogP contribution in [0.25, 0.3) is 5.69 Å². The normalized spacial score (nSPS) is 14.3. The number of hydrogen-bond acceptors (Lipinski definition) is 1. The number of urea groups is 1. The van der Waals surface area contributed by atoms with Crippen molar-refractivity contribution in [2.24, 2.45) is 0 Å². The van der Waals surface area contributed by atoms with Crippen LogP contribution in [-0.2, 0) is 6.54 Å². The van der Waals surface area contributed by atoms with Gasteiger partial charge in [-0.05, 0) is 93.6 Å². The maximum absolute atomic E-state index is 13.6. The Kier molecular flexibility index (Phi) is 7.14. The predicted octanol–water partition coefficient (Wildman–Crippen LogP) is 7.73. The Labute approximate surface area is 202 Å². The van der Waals surface area contributed by atoms with Crippen LogP contribution in [0.15, 0.2) is 48.5 Å². The molecule has 4 rings (SSSR count). The highest BCUT2D eigenvalue weighted by Gasteiger charge is 2.27. The summed E-state index contributed by atoms with van der Waals surface area (Å²) < 4.78 is 2.24. The van der Waals surface area contributed by atoms with E-state index in [0.29, 0.717) is 6.54 Å². The molecule has 0 spiro atoms. The number of benzene rings is 2. The fraction of sp³-hybridized carbons (Fsp3) is 0.393. The Balaban J connectivity index is 1.63. The van der Waals surface area contributed by atoms with Gasteiger partial charge in [-0.1, -0.05) is 43.0 Å². The molecular weight excluding hydrogens is 430 g/mol. The highest BCUT2D eigenvalue weighted by atomic mass is 35.5. The fourth-order valence-corrected chi connectivity index (χ4v) is 5.12. The van der Waals surface area contributed by atoms with E-state index in [9.17, 15) is 4.79 Å². The highest BCUT2D eigenvalue weighted by molar-refractivity contribution is 6.30. The van der Waals surface area contributed by atoms with Gasteiger partial charge < -0.3 is 14.8 Å². The van der Waals surface area contributed by atoms with E-state index in [4.69, 9.17) is 11.6 Å². The average Bonchev–Trinajstić information content (AvgIpc) is 3.09. The molecule has 0 saturated heterocycles. The van der Waals surface area contributed by atoms with Crippen LogP contribution in [0.4, 0.5) is 10.5 Å². The molecule has 5 heteroatoms. The van der Waals surface area contributed by atoms with Gasteiger partial charge in [0.05, 0.1) is 0 Å². The van der Waals surface area contributed by atoms with Crippen molar-refractivity contribution in [2.45, 2.75) is 72.4 Å². The zero-order valence-corrected chi connectivity index (χ0v) is 20.9. The molecule has 1 saturated carbocycles. The molecule has 2 aromatic carbocycles. The summed E-state index contributed by atoms with van der Waals surface area (Å²) in [5.74, 6) is 0. The van der Waals surface area contributed by atoms with Gasteiger partial charge in [0.2, 0.25) is 0 Å². The topological polar surface area (TPSA) is 37.3 Å². The highest BCUT2D eigenvalue weighted by Crippen LogP contribution is 2.29. The van der Waals surface area contributed by atoms with E-state index < -0.39 is 0 Å². The Morgan fingerprint density at radius 3 is 2.42 bits per heavy atom. The minimum absolute atomic E-state index is 0.00750. The van der Waals surface area contributed by atoms with Crippen molar-refractivity contribution in [1.82, 2.24) is 9.47 Å². The summed E-state index contributed by atoms with van der Waals surface area (Å²) >= 11 is 6.10. The third-order valence-electron chi connectivity index (χ3n) is 7.08. The molecule has 0 radical (unpaired) electrons. The van der Waals surface area contributed by atoms with E-state index in [1.54, 1.807) is 0 Å². The zero-order valence-electron chi connectivity index (χ0n) is 20.1. The molecule has 174 valence electrons. The number of carbonyl (C=O) groups is 1. The Bertz CT molecular complexity index is 1130. The van der Waals surface area contributed by atoms with Gasteiger partial charge in [0.25, 0.3) is 0 Å². The maximum Gasteiger partial charge on any atom is 0.322 e. The zero-order chi connectivity index (χ0) is 23.5. The van der Waals surface area contributed by atoms with Gasteiger partial charge in [-0.25, -0.2) is 4.79 Å². The van der Waals surface area contributed by atoms with Crippen LogP contribution >= 0.6 is 11.6 Å². The van der Waals surface area contributed by atoms with Gasteiger partial charge in [0, 0.05) is 40.4 Å². The molecule has 0 unspecified atom stereocenters. The van der Waals surface area contributed by atoms with Crippen molar-refractivity contribution in [3.8, 4) is 5.69 Å². The van der Waals surface area contributed by atoms with Gasteiger partial charge in [-0.2, -0.15) is 0 Å². The Hall–Kier alpha value is -2.72. The molecule has 0 atom stereocenters. The summed E-state index contributed by atoms with van der Waals surface area (Å²) in [6.07, 6.45) is 5.75. The van der Waals surface area contributed by atoms with Gasteiger partial charge in [-0.15, -0.1) is 0 Å². The van der Waals surface area contributed by atoms with Crippen LogP contribution < -0.4 is 5.32 Å². The third kappa shape index (κ3) is 5.11. The van der Waals surface area contributed by atoms with Crippen molar-refractivity contribution >= 4 is 23.3 Å². The van der Waals surface area contributed by atoms with Crippen molar-refractivity contribution in [3.05, 3.63) is 81.6 Å². The number of anilines is 1. The summed E-state index contributed by atoms with van der Waals surface area (Å²) in [5, 5.41) is 3.94. The molecule has 1 fully saturated rings. The monoisotopic (exact) mass is 463 g/mol. The molecule has 1 aliphatic carbocycles. The molecule has 3 aromatic rings. The first kappa shape index (κ1) is 23.4. The number of carbonyl (C=O) groups excluding carboxylic acids is 1. The number of rotatable bonds is 5. The lowest BCUT2D eigenvalue weighted by Crippen LogP contribution is -2.43. The van der Waals surface area contributed by atoms with E-state index >= 15 is 0 Å². The van der Waals surface area contributed by atoms with Crippen LogP contribution in [0.1, 0.15) is 60.2 Å². The van der Waals surface area contributed by atoms with Crippen LogP contribution in [0, 0.1) is 27.7 Å². The van der Waals surface area contributed by atoms with Gasteiger partial charge in [0.15, 0.2) is 0 Å². The Morgan fingerprint density at radius 1 is 1.03 bits per heavy atom. The largest absolute Gasteiger partial charge is 0.322 e. The first-order chi connectivity index (χ1) is 15.8.